The Morgan fingerprint density at radius 2 is 0.541 bits per heavy atom. The minimum atomic E-state index is -0.186. The molecule has 0 spiro atoms. The molecule has 0 fully saturated rings. The topological polar surface area (TPSA) is 18.5 Å². The van der Waals surface area contributed by atoms with Gasteiger partial charge in [0.2, 0.25) is 0 Å². The normalized spacial score (nSPS) is 13.8. The second-order valence-corrected chi connectivity index (χ2v) is 18.4. The second kappa shape index (κ2) is 14.4. The van der Waals surface area contributed by atoms with E-state index in [2.05, 4.69) is 240 Å². The second-order valence-electron chi connectivity index (χ2n) is 18.4. The van der Waals surface area contributed by atoms with Crippen LogP contribution < -0.4 is 15.1 Å². The van der Waals surface area contributed by atoms with Crippen LogP contribution in [0.5, 0.6) is 0 Å². The van der Waals surface area contributed by atoms with Gasteiger partial charge in [-0.25, -0.2) is 0 Å². The highest BCUT2D eigenvalue weighted by molar-refractivity contribution is 5.89. The van der Waals surface area contributed by atoms with Crippen molar-refractivity contribution < 1.29 is 0 Å². The Kier molecular flexibility index (Phi) is 9.07. The number of aryl methyl sites for hydroxylation is 4. The molecule has 0 radical (unpaired) electrons. The summed E-state index contributed by atoms with van der Waals surface area (Å²) in [6.07, 6.45) is 0. The van der Waals surface area contributed by atoms with Crippen molar-refractivity contribution in [1.82, 2.24) is 0 Å². The number of hydrogen-bond acceptors (Lipinski definition) is 3. The van der Waals surface area contributed by atoms with Crippen molar-refractivity contribution in [3.63, 3.8) is 0 Å². The van der Waals surface area contributed by atoms with E-state index in [1.165, 1.54) is 66.8 Å². The smallest absolute Gasteiger partial charge is 0.0465 e. The van der Waals surface area contributed by atoms with Crippen molar-refractivity contribution in [3.8, 4) is 22.3 Å². The van der Waals surface area contributed by atoms with E-state index < -0.39 is 0 Å². The molecule has 3 heteroatoms. The lowest BCUT2D eigenvalue weighted by Crippen LogP contribution is -2.17. The molecule has 0 saturated heterocycles. The minimum absolute atomic E-state index is 0.186. The molecule has 1 N–H and O–H groups in total. The van der Waals surface area contributed by atoms with Crippen LogP contribution in [-0.4, -0.2) is 0 Å². The molecule has 0 saturated carbocycles. The van der Waals surface area contributed by atoms with Gasteiger partial charge in [0.05, 0.1) is 0 Å². The van der Waals surface area contributed by atoms with Crippen molar-refractivity contribution >= 4 is 45.5 Å². The fourth-order valence-electron chi connectivity index (χ4n) is 9.72. The maximum atomic E-state index is 3.84. The summed E-state index contributed by atoms with van der Waals surface area (Å²) in [6, 6.07) is 63.3. The Bertz CT molecular complexity index is 2660. The van der Waals surface area contributed by atoms with Crippen LogP contribution in [0.2, 0.25) is 0 Å². The predicted molar refractivity (Wildman–Crippen MR) is 260 cm³/mol. The van der Waals surface area contributed by atoms with Crippen molar-refractivity contribution in [2.75, 3.05) is 15.1 Å². The highest BCUT2D eigenvalue weighted by Crippen LogP contribution is 2.53. The van der Waals surface area contributed by atoms with E-state index in [1.54, 1.807) is 0 Å². The summed E-state index contributed by atoms with van der Waals surface area (Å²) in [4.78, 5) is 4.76. The average Bonchev–Trinajstić information content (AvgIpc) is 3.62. The molecule has 0 heterocycles. The first-order valence-corrected chi connectivity index (χ1v) is 21.6. The van der Waals surface area contributed by atoms with Crippen molar-refractivity contribution in [2.24, 2.45) is 0 Å². The molecule has 8 aromatic carbocycles. The Balaban J connectivity index is 0.951. The molecule has 0 aromatic heterocycles. The Labute approximate surface area is 362 Å². The summed E-state index contributed by atoms with van der Waals surface area (Å²) in [5.41, 5.74) is 24.4. The molecule has 10 rings (SSSR count). The van der Waals surface area contributed by atoms with E-state index in [1.807, 2.05) is 0 Å². The predicted octanol–water partition coefficient (Wildman–Crippen LogP) is 16.2. The van der Waals surface area contributed by atoms with Crippen molar-refractivity contribution in [2.45, 2.75) is 66.2 Å². The van der Waals surface area contributed by atoms with Crippen LogP contribution in [0.25, 0.3) is 22.3 Å². The van der Waals surface area contributed by atoms with Gasteiger partial charge in [0.1, 0.15) is 0 Å². The molecular formula is C58H53N3. The van der Waals surface area contributed by atoms with Gasteiger partial charge in [-0.2, -0.15) is 0 Å². The monoisotopic (exact) mass is 791 g/mol. The SMILES string of the molecule is Cc1ccc(N(c2ccc(C)cc2)c2ccc3c(c2)C(C)(C)c2cc(Nc4ccc5c(c4)C(C)(C)c4cc(N(c6ccc(C)cc6)c6ccc(C)cc6)ccc4-5)ccc2-3)cc1. The lowest BCUT2D eigenvalue weighted by molar-refractivity contribution is 0.660. The fraction of sp³-hybridized carbons (Fsp3) is 0.172. The highest BCUT2D eigenvalue weighted by Gasteiger charge is 2.38. The van der Waals surface area contributed by atoms with E-state index in [0.717, 1.165) is 45.5 Å². The van der Waals surface area contributed by atoms with Crippen LogP contribution in [0.15, 0.2) is 170 Å². The zero-order valence-corrected chi connectivity index (χ0v) is 36.6. The van der Waals surface area contributed by atoms with Gasteiger partial charge in [0.15, 0.2) is 0 Å². The third kappa shape index (κ3) is 6.60. The number of rotatable bonds is 8. The molecule has 61 heavy (non-hydrogen) atoms. The quantitative estimate of drug-likeness (QED) is 0.165. The maximum absolute atomic E-state index is 3.84. The minimum Gasteiger partial charge on any atom is -0.356 e. The lowest BCUT2D eigenvalue weighted by atomic mass is 9.82. The number of fused-ring (bicyclic) bond motifs is 6. The summed E-state index contributed by atoms with van der Waals surface area (Å²) in [5, 5.41) is 3.84. The van der Waals surface area contributed by atoms with Gasteiger partial charge >= 0.3 is 0 Å². The molecule has 300 valence electrons. The zero-order valence-electron chi connectivity index (χ0n) is 36.6. The summed E-state index contributed by atoms with van der Waals surface area (Å²) < 4.78 is 0. The zero-order chi connectivity index (χ0) is 42.2. The third-order valence-electron chi connectivity index (χ3n) is 13.3. The fourth-order valence-corrected chi connectivity index (χ4v) is 9.72. The van der Waals surface area contributed by atoms with Crippen LogP contribution in [0.1, 0.15) is 72.2 Å². The van der Waals surface area contributed by atoms with Crippen LogP contribution in [0.3, 0.4) is 0 Å². The molecule has 0 amide bonds. The molecule has 2 aliphatic rings. The van der Waals surface area contributed by atoms with Gasteiger partial charge in [0, 0.05) is 56.3 Å². The lowest BCUT2D eigenvalue weighted by Gasteiger charge is -2.28. The summed E-state index contributed by atoms with van der Waals surface area (Å²) in [7, 11) is 0. The van der Waals surface area contributed by atoms with Crippen molar-refractivity contribution in [1.29, 1.82) is 0 Å². The molecule has 0 aliphatic heterocycles. The Hall–Kier alpha value is -6.84. The van der Waals surface area contributed by atoms with E-state index in [0.29, 0.717) is 0 Å². The average molecular weight is 792 g/mol. The molecule has 2 aliphatic carbocycles. The first-order chi connectivity index (χ1) is 29.3. The van der Waals surface area contributed by atoms with Gasteiger partial charge in [0.25, 0.3) is 0 Å². The highest BCUT2D eigenvalue weighted by atomic mass is 15.1. The maximum Gasteiger partial charge on any atom is 0.0465 e. The van der Waals surface area contributed by atoms with Crippen LogP contribution in [0.4, 0.5) is 45.5 Å². The molecule has 8 aromatic rings. The van der Waals surface area contributed by atoms with E-state index >= 15 is 0 Å². The largest absolute Gasteiger partial charge is 0.356 e. The summed E-state index contributed by atoms with van der Waals surface area (Å²) in [5.74, 6) is 0. The molecular weight excluding hydrogens is 739 g/mol. The van der Waals surface area contributed by atoms with Crippen LogP contribution in [-0.2, 0) is 10.8 Å². The Morgan fingerprint density at radius 3 is 0.836 bits per heavy atom. The van der Waals surface area contributed by atoms with Crippen LogP contribution in [0, 0.1) is 27.7 Å². The Morgan fingerprint density at radius 1 is 0.295 bits per heavy atom. The first kappa shape index (κ1) is 38.4. The number of nitrogens with zero attached hydrogens (tertiary/aromatic N) is 2. The van der Waals surface area contributed by atoms with Gasteiger partial charge < -0.3 is 15.1 Å². The van der Waals surface area contributed by atoms with Gasteiger partial charge in [-0.05, 0) is 169 Å². The van der Waals surface area contributed by atoms with Gasteiger partial charge in [-0.15, -0.1) is 0 Å². The van der Waals surface area contributed by atoms with Crippen LogP contribution >= 0.6 is 0 Å². The van der Waals surface area contributed by atoms with E-state index in [-0.39, 0.29) is 10.8 Å². The first-order valence-electron chi connectivity index (χ1n) is 21.6. The van der Waals surface area contributed by atoms with E-state index in [4.69, 9.17) is 0 Å². The number of benzene rings is 8. The van der Waals surface area contributed by atoms with Crippen molar-refractivity contribution in [3.05, 3.63) is 214 Å². The molecule has 3 nitrogen and oxygen atoms in total. The molecule has 0 bridgehead atoms. The van der Waals surface area contributed by atoms with E-state index in [9.17, 15) is 0 Å². The number of hydrogen-bond donors (Lipinski definition) is 1. The summed E-state index contributed by atoms with van der Waals surface area (Å²) in [6.45, 7) is 18.1. The molecule has 0 unspecified atom stereocenters. The third-order valence-corrected chi connectivity index (χ3v) is 13.3. The molecule has 0 atom stereocenters. The number of anilines is 8. The van der Waals surface area contributed by atoms with Gasteiger partial charge in [-0.3, -0.25) is 0 Å². The number of nitrogens with one attached hydrogen (secondary N) is 1. The summed E-state index contributed by atoms with van der Waals surface area (Å²) >= 11 is 0. The van der Waals surface area contributed by atoms with Gasteiger partial charge in [-0.1, -0.05) is 123 Å². The standard InChI is InChI=1S/C58H53N3/c1-37-9-19-43(20-10-37)60(44-21-11-38(2)12-22-44)47-27-31-51-49-29-17-41(33-53(49)57(5,6)55(51)35-47)59-42-18-30-50-52-32-28-48(36-56(52)58(7,8)54(50)34-42)61(45-23-13-39(3)14-24-45)46-25-15-40(4)16-26-46/h9-36,59H,1-8H3.